The Bertz CT molecular complexity index is 433. The lowest BCUT2D eigenvalue weighted by Crippen LogP contribution is -2.24. The molecule has 0 radical (unpaired) electrons. The third kappa shape index (κ3) is 2.42. The summed E-state index contributed by atoms with van der Waals surface area (Å²) < 4.78 is 13.2. The molecule has 1 aromatic carbocycles. The normalized spacial score (nSPS) is 21.4. The van der Waals surface area contributed by atoms with Crippen molar-refractivity contribution in [1.29, 1.82) is 0 Å². The molecule has 0 bridgehead atoms. The van der Waals surface area contributed by atoms with Crippen molar-refractivity contribution in [3.05, 3.63) is 39.7 Å². The summed E-state index contributed by atoms with van der Waals surface area (Å²) >= 11 is 0. The van der Waals surface area contributed by atoms with Crippen LogP contribution < -0.4 is 11.1 Å². The number of hydrogen-bond acceptors (Lipinski definition) is 4. The Balaban J connectivity index is 2.34. The average Bonchev–Trinajstić information content (AvgIpc) is 2.80. The molecule has 1 unspecified atom stereocenters. The van der Waals surface area contributed by atoms with E-state index in [-0.39, 0.29) is 17.2 Å². The summed E-state index contributed by atoms with van der Waals surface area (Å²) in [5.41, 5.74) is 6.17. The molecule has 1 heterocycles. The lowest BCUT2D eigenvalue weighted by molar-refractivity contribution is -0.385. The fourth-order valence-electron chi connectivity index (χ4n) is 2.20. The molecule has 2 rings (SSSR count). The highest BCUT2D eigenvalue weighted by Crippen LogP contribution is 2.31. The number of nitro benzene ring substituents is 1. The molecule has 0 spiro atoms. The fraction of sp³-hybridized carbons (Fsp3) is 0.455. The van der Waals surface area contributed by atoms with E-state index in [0.29, 0.717) is 0 Å². The SMILES string of the molecule is NC(c1cc(F)ccc1[N+](=O)[O-])[C@@H]1CCNC1. The Labute approximate surface area is 98.0 Å². The van der Waals surface area contributed by atoms with E-state index in [2.05, 4.69) is 5.32 Å². The maximum Gasteiger partial charge on any atom is 0.274 e. The number of rotatable bonds is 3. The fourth-order valence-corrected chi connectivity index (χ4v) is 2.20. The highest BCUT2D eigenvalue weighted by atomic mass is 19.1. The molecule has 1 saturated heterocycles. The first-order chi connectivity index (χ1) is 8.09. The number of halogens is 1. The van der Waals surface area contributed by atoms with Crippen molar-refractivity contribution in [2.45, 2.75) is 12.5 Å². The molecule has 0 aromatic heterocycles. The number of nitro groups is 1. The average molecular weight is 239 g/mol. The van der Waals surface area contributed by atoms with Gasteiger partial charge in [-0.2, -0.15) is 0 Å². The van der Waals surface area contributed by atoms with E-state index in [1.165, 1.54) is 12.1 Å². The van der Waals surface area contributed by atoms with Crippen molar-refractivity contribution in [1.82, 2.24) is 5.32 Å². The zero-order valence-corrected chi connectivity index (χ0v) is 9.23. The van der Waals surface area contributed by atoms with Gasteiger partial charge in [-0.05, 0) is 37.6 Å². The quantitative estimate of drug-likeness (QED) is 0.616. The van der Waals surface area contributed by atoms with Gasteiger partial charge in [0.25, 0.3) is 5.69 Å². The van der Waals surface area contributed by atoms with Crippen molar-refractivity contribution in [3.8, 4) is 0 Å². The van der Waals surface area contributed by atoms with Crippen LogP contribution in [0.25, 0.3) is 0 Å². The number of nitrogens with two attached hydrogens (primary N) is 1. The Morgan fingerprint density at radius 2 is 2.35 bits per heavy atom. The Hall–Kier alpha value is -1.53. The summed E-state index contributed by atoms with van der Waals surface area (Å²) in [5, 5.41) is 14.0. The number of nitrogens with zero attached hydrogens (tertiary/aromatic N) is 1. The first-order valence-electron chi connectivity index (χ1n) is 5.49. The molecular weight excluding hydrogens is 225 g/mol. The summed E-state index contributed by atoms with van der Waals surface area (Å²) in [4.78, 5) is 10.3. The molecule has 1 aromatic rings. The predicted octanol–water partition coefficient (Wildman–Crippen LogP) is 1.34. The Morgan fingerprint density at radius 1 is 1.59 bits per heavy atom. The minimum absolute atomic E-state index is 0.106. The molecule has 0 saturated carbocycles. The highest BCUT2D eigenvalue weighted by Gasteiger charge is 2.28. The lowest BCUT2D eigenvalue weighted by Gasteiger charge is -2.18. The summed E-state index contributed by atoms with van der Waals surface area (Å²) in [6, 6.07) is 2.93. The van der Waals surface area contributed by atoms with E-state index >= 15 is 0 Å². The van der Waals surface area contributed by atoms with Crippen LogP contribution in [0.2, 0.25) is 0 Å². The second-order valence-electron chi connectivity index (χ2n) is 4.24. The highest BCUT2D eigenvalue weighted by molar-refractivity contribution is 5.42. The molecule has 2 atom stereocenters. The van der Waals surface area contributed by atoms with Crippen LogP contribution in [0.5, 0.6) is 0 Å². The van der Waals surface area contributed by atoms with Crippen molar-refractivity contribution in [2.24, 2.45) is 11.7 Å². The van der Waals surface area contributed by atoms with Crippen LogP contribution >= 0.6 is 0 Å². The van der Waals surface area contributed by atoms with Crippen molar-refractivity contribution in [2.75, 3.05) is 13.1 Å². The zero-order chi connectivity index (χ0) is 12.4. The summed E-state index contributed by atoms with van der Waals surface area (Å²) in [6.45, 7) is 1.57. The maximum absolute atomic E-state index is 13.2. The van der Waals surface area contributed by atoms with E-state index in [0.717, 1.165) is 25.6 Å². The van der Waals surface area contributed by atoms with E-state index in [4.69, 9.17) is 5.73 Å². The van der Waals surface area contributed by atoms with Crippen LogP contribution in [0.3, 0.4) is 0 Å². The van der Waals surface area contributed by atoms with Gasteiger partial charge in [0.1, 0.15) is 5.82 Å². The van der Waals surface area contributed by atoms with Gasteiger partial charge < -0.3 is 11.1 Å². The van der Waals surface area contributed by atoms with Gasteiger partial charge in [0.15, 0.2) is 0 Å². The van der Waals surface area contributed by atoms with Gasteiger partial charge in [-0.15, -0.1) is 0 Å². The van der Waals surface area contributed by atoms with Gasteiger partial charge in [0.05, 0.1) is 4.92 Å². The van der Waals surface area contributed by atoms with Crippen LogP contribution in [-0.4, -0.2) is 18.0 Å². The third-order valence-electron chi connectivity index (χ3n) is 3.15. The smallest absolute Gasteiger partial charge is 0.274 e. The number of benzene rings is 1. The molecule has 3 N–H and O–H groups in total. The van der Waals surface area contributed by atoms with Gasteiger partial charge in [0, 0.05) is 17.7 Å². The molecule has 17 heavy (non-hydrogen) atoms. The minimum Gasteiger partial charge on any atom is -0.323 e. The van der Waals surface area contributed by atoms with Crippen LogP contribution in [-0.2, 0) is 0 Å². The molecular formula is C11H14FN3O2. The third-order valence-corrected chi connectivity index (χ3v) is 3.15. The molecule has 1 aliphatic rings. The molecule has 6 heteroatoms. The van der Waals surface area contributed by atoms with E-state index in [1.54, 1.807) is 0 Å². The standard InChI is InChI=1S/C11H14FN3O2/c12-8-1-2-10(15(16)17)9(5-8)11(13)7-3-4-14-6-7/h1-2,5,7,11,14H,3-4,6,13H2/t7-,11?/m1/s1. The van der Waals surface area contributed by atoms with E-state index < -0.39 is 16.8 Å². The molecule has 1 fully saturated rings. The van der Waals surface area contributed by atoms with E-state index in [1.807, 2.05) is 0 Å². The molecule has 92 valence electrons. The molecule has 0 aliphatic carbocycles. The Morgan fingerprint density at radius 3 is 2.94 bits per heavy atom. The van der Waals surface area contributed by atoms with Crippen LogP contribution in [0.1, 0.15) is 18.0 Å². The summed E-state index contributed by atoms with van der Waals surface area (Å²) in [5.74, 6) is -0.373. The molecule has 1 aliphatic heterocycles. The first kappa shape index (κ1) is 11.9. The van der Waals surface area contributed by atoms with Gasteiger partial charge >= 0.3 is 0 Å². The molecule has 0 amide bonds. The van der Waals surface area contributed by atoms with Crippen molar-refractivity contribution < 1.29 is 9.31 Å². The van der Waals surface area contributed by atoms with Crippen molar-refractivity contribution >= 4 is 5.69 Å². The number of hydrogen-bond donors (Lipinski definition) is 2. The van der Waals surface area contributed by atoms with Crippen LogP contribution in [0.4, 0.5) is 10.1 Å². The maximum atomic E-state index is 13.2. The van der Waals surface area contributed by atoms with Crippen LogP contribution in [0, 0.1) is 21.8 Å². The van der Waals surface area contributed by atoms with Gasteiger partial charge in [0.2, 0.25) is 0 Å². The molecule has 5 nitrogen and oxygen atoms in total. The Kier molecular flexibility index (Phi) is 3.35. The topological polar surface area (TPSA) is 81.2 Å². The van der Waals surface area contributed by atoms with Gasteiger partial charge in [-0.3, -0.25) is 10.1 Å². The summed E-state index contributed by atoms with van der Waals surface area (Å²) in [7, 11) is 0. The second-order valence-corrected chi connectivity index (χ2v) is 4.24. The van der Waals surface area contributed by atoms with Crippen LogP contribution in [0.15, 0.2) is 18.2 Å². The summed E-state index contributed by atoms with van der Waals surface area (Å²) in [6.07, 6.45) is 0.856. The lowest BCUT2D eigenvalue weighted by atomic mass is 9.92. The monoisotopic (exact) mass is 239 g/mol. The van der Waals surface area contributed by atoms with Gasteiger partial charge in [-0.1, -0.05) is 0 Å². The van der Waals surface area contributed by atoms with Gasteiger partial charge in [-0.25, -0.2) is 4.39 Å². The largest absolute Gasteiger partial charge is 0.323 e. The number of nitrogens with one attached hydrogen (secondary N) is 1. The minimum atomic E-state index is -0.517. The predicted molar refractivity (Wildman–Crippen MR) is 61.0 cm³/mol. The zero-order valence-electron chi connectivity index (χ0n) is 9.23. The first-order valence-corrected chi connectivity index (χ1v) is 5.49. The van der Waals surface area contributed by atoms with Crippen molar-refractivity contribution in [3.63, 3.8) is 0 Å². The second kappa shape index (κ2) is 4.77. The van der Waals surface area contributed by atoms with E-state index in [9.17, 15) is 14.5 Å².